The van der Waals surface area contributed by atoms with E-state index in [1.165, 1.54) is 111 Å². The van der Waals surface area contributed by atoms with E-state index < -0.39 is 10.5 Å². The molecule has 2 heterocycles. The zero-order valence-electron chi connectivity index (χ0n) is 28.8. The van der Waals surface area contributed by atoms with Gasteiger partial charge in [0, 0.05) is 41.8 Å². The fourth-order valence-corrected chi connectivity index (χ4v) is 9.17. The van der Waals surface area contributed by atoms with Crippen molar-refractivity contribution in [2.75, 3.05) is 0 Å². The van der Waals surface area contributed by atoms with Gasteiger partial charge < -0.3 is 0 Å². The zero-order valence-corrected chi connectivity index (χ0v) is 32.0. The lowest BCUT2D eigenvalue weighted by Gasteiger charge is -2.11. The molecule has 0 atom stereocenters. The highest BCUT2D eigenvalue weighted by molar-refractivity contribution is 7.16. The van der Waals surface area contributed by atoms with Gasteiger partial charge >= 0.3 is 0 Å². The molecule has 3 aromatic rings. The van der Waals surface area contributed by atoms with Gasteiger partial charge in [-0.05, 0) is 110 Å². The van der Waals surface area contributed by atoms with Crippen molar-refractivity contribution in [2.24, 2.45) is 0 Å². The molecular weight excluding hydrogens is 647 g/mol. The topological polar surface area (TPSA) is 34.1 Å². The van der Waals surface area contributed by atoms with Crippen molar-refractivity contribution in [3.63, 3.8) is 0 Å². The number of unbranched alkanes of at least 4 members (excludes halogenated alkanes) is 12. The van der Waals surface area contributed by atoms with Crippen molar-refractivity contribution in [1.29, 1.82) is 0 Å². The van der Waals surface area contributed by atoms with E-state index in [2.05, 4.69) is 39.8 Å². The molecule has 6 heteroatoms. The Kier molecular flexibility index (Phi) is 18.2. The average Bonchev–Trinajstić information content (AvgIpc) is 3.64. The Morgan fingerprint density at radius 3 is 1.11 bits per heavy atom. The summed E-state index contributed by atoms with van der Waals surface area (Å²) in [5.41, 5.74) is 5.12. The molecular formula is C40H56Cl2O2S2. The van der Waals surface area contributed by atoms with Crippen LogP contribution in [0.3, 0.4) is 0 Å². The third-order valence-corrected chi connectivity index (χ3v) is 12.0. The van der Waals surface area contributed by atoms with Crippen LogP contribution in [-0.2, 0) is 25.7 Å². The van der Waals surface area contributed by atoms with Crippen molar-refractivity contribution >= 4 is 56.4 Å². The number of rotatable bonds is 24. The summed E-state index contributed by atoms with van der Waals surface area (Å²) in [5.74, 6) is 0. The SMILES string of the molecule is CCCCCCc1cc(-c2cc(C(=O)Cl)c(-c3cc(CCCCCC)c(CCCCCC)s3)cc2C(=O)Cl)sc1CCCCCC. The zero-order chi connectivity index (χ0) is 33.3. The number of hydrogen-bond acceptors (Lipinski definition) is 4. The highest BCUT2D eigenvalue weighted by Crippen LogP contribution is 2.42. The Bertz CT molecular complexity index is 1210. The molecule has 0 saturated heterocycles. The number of aryl methyl sites for hydroxylation is 4. The summed E-state index contributed by atoms with van der Waals surface area (Å²) in [6.45, 7) is 8.97. The van der Waals surface area contributed by atoms with Gasteiger partial charge in [0.25, 0.3) is 10.5 Å². The first-order chi connectivity index (χ1) is 22.3. The van der Waals surface area contributed by atoms with Crippen LogP contribution in [0.1, 0.15) is 172 Å². The van der Waals surface area contributed by atoms with Crippen LogP contribution in [0.25, 0.3) is 20.9 Å². The highest BCUT2D eigenvalue weighted by Gasteiger charge is 2.23. The van der Waals surface area contributed by atoms with Gasteiger partial charge in [-0.15, -0.1) is 22.7 Å². The van der Waals surface area contributed by atoms with Gasteiger partial charge in [0.1, 0.15) is 0 Å². The van der Waals surface area contributed by atoms with Crippen LogP contribution in [0.5, 0.6) is 0 Å². The largest absolute Gasteiger partial charge is 0.276 e. The summed E-state index contributed by atoms with van der Waals surface area (Å²) in [6.07, 6.45) is 23.6. The number of halogens is 2. The number of carbonyl (C=O) groups is 2. The molecule has 0 aliphatic rings. The van der Waals surface area contributed by atoms with E-state index in [0.717, 1.165) is 59.4 Å². The number of thiophene rings is 2. The van der Waals surface area contributed by atoms with Crippen LogP contribution in [0.2, 0.25) is 0 Å². The fraction of sp³-hybridized carbons (Fsp3) is 0.600. The lowest BCUT2D eigenvalue weighted by molar-refractivity contribution is 0.107. The molecule has 0 saturated carbocycles. The summed E-state index contributed by atoms with van der Waals surface area (Å²) >= 11 is 16.2. The molecule has 0 bridgehead atoms. The van der Waals surface area contributed by atoms with Crippen molar-refractivity contribution in [1.82, 2.24) is 0 Å². The molecule has 0 aliphatic heterocycles. The van der Waals surface area contributed by atoms with E-state index in [1.807, 2.05) is 12.1 Å². The summed E-state index contributed by atoms with van der Waals surface area (Å²) in [7, 11) is 0. The van der Waals surface area contributed by atoms with Crippen LogP contribution in [0, 0.1) is 0 Å². The molecule has 0 aliphatic carbocycles. The van der Waals surface area contributed by atoms with E-state index in [9.17, 15) is 9.59 Å². The van der Waals surface area contributed by atoms with Crippen molar-refractivity contribution in [3.05, 3.63) is 56.3 Å². The quantitative estimate of drug-likeness (QED) is 0.0687. The minimum atomic E-state index is -0.497. The van der Waals surface area contributed by atoms with Gasteiger partial charge in [0.15, 0.2) is 0 Å². The van der Waals surface area contributed by atoms with Gasteiger partial charge in [-0.3, -0.25) is 9.59 Å². The second kappa shape index (κ2) is 21.5. The number of benzene rings is 1. The van der Waals surface area contributed by atoms with Crippen LogP contribution < -0.4 is 0 Å². The van der Waals surface area contributed by atoms with Crippen molar-refractivity contribution in [3.8, 4) is 20.9 Å². The summed E-state index contributed by atoms with van der Waals surface area (Å²) < 4.78 is 0. The normalized spacial score (nSPS) is 11.4. The van der Waals surface area contributed by atoms with Crippen molar-refractivity contribution in [2.45, 2.75) is 156 Å². The molecule has 2 aromatic heterocycles. The van der Waals surface area contributed by atoms with E-state index in [4.69, 9.17) is 23.2 Å². The van der Waals surface area contributed by atoms with Gasteiger partial charge in [-0.1, -0.05) is 105 Å². The third kappa shape index (κ3) is 11.9. The monoisotopic (exact) mass is 702 g/mol. The molecule has 0 amide bonds. The molecule has 0 unspecified atom stereocenters. The second-order valence-electron chi connectivity index (χ2n) is 12.9. The van der Waals surface area contributed by atoms with Crippen LogP contribution in [0.15, 0.2) is 24.3 Å². The summed E-state index contributed by atoms with van der Waals surface area (Å²) in [6, 6.07) is 8.19. The van der Waals surface area contributed by atoms with Crippen LogP contribution >= 0.6 is 45.9 Å². The maximum Gasteiger partial charge on any atom is 0.253 e. The first-order valence-electron chi connectivity index (χ1n) is 18.2. The molecule has 3 rings (SSSR count). The summed E-state index contributed by atoms with van der Waals surface area (Å²) in [5, 5.41) is -0.994. The minimum Gasteiger partial charge on any atom is -0.276 e. The van der Waals surface area contributed by atoms with Gasteiger partial charge in [0.2, 0.25) is 0 Å². The smallest absolute Gasteiger partial charge is 0.253 e. The minimum absolute atomic E-state index is 0.456. The Labute approximate surface area is 297 Å². The van der Waals surface area contributed by atoms with E-state index >= 15 is 0 Å². The third-order valence-electron chi connectivity index (χ3n) is 9.02. The molecule has 2 nitrogen and oxygen atoms in total. The molecule has 254 valence electrons. The molecule has 0 fully saturated rings. The average molecular weight is 704 g/mol. The molecule has 0 spiro atoms. The Morgan fingerprint density at radius 2 is 0.804 bits per heavy atom. The number of carbonyl (C=O) groups excluding carboxylic acids is 2. The Hall–Kier alpha value is -1.46. The van der Waals surface area contributed by atoms with Gasteiger partial charge in [-0.25, -0.2) is 0 Å². The van der Waals surface area contributed by atoms with Gasteiger partial charge in [0.05, 0.1) is 0 Å². The van der Waals surface area contributed by atoms with Gasteiger partial charge in [-0.2, -0.15) is 0 Å². The van der Waals surface area contributed by atoms with Crippen molar-refractivity contribution < 1.29 is 9.59 Å². The van der Waals surface area contributed by atoms with Crippen LogP contribution in [0.4, 0.5) is 0 Å². The molecule has 46 heavy (non-hydrogen) atoms. The molecule has 1 aromatic carbocycles. The predicted octanol–water partition coefficient (Wildman–Crippen LogP) is 14.4. The Balaban J connectivity index is 2.05. The maximum atomic E-state index is 13.0. The first-order valence-corrected chi connectivity index (χ1v) is 20.5. The molecule has 0 radical (unpaired) electrons. The van der Waals surface area contributed by atoms with Crippen LogP contribution in [-0.4, -0.2) is 10.5 Å². The standard InChI is InChI=1S/C40H56Cl2O2S2/c1-5-9-13-17-21-29-25-37(45-35(29)23-19-15-11-7-3)31-27-34(40(42)44)32(28-33(31)39(41)43)38-26-30(22-18-14-10-6-2)36(46-38)24-20-16-12-8-4/h25-28H,5-24H2,1-4H3. The maximum absolute atomic E-state index is 13.0. The lowest BCUT2D eigenvalue weighted by Crippen LogP contribution is -2.00. The van der Waals surface area contributed by atoms with E-state index in [1.54, 1.807) is 22.7 Å². The highest BCUT2D eigenvalue weighted by atomic mass is 35.5. The number of hydrogen-bond donors (Lipinski definition) is 0. The lowest BCUT2D eigenvalue weighted by atomic mass is 9.95. The Morgan fingerprint density at radius 1 is 0.478 bits per heavy atom. The van der Waals surface area contributed by atoms with E-state index in [0.29, 0.717) is 11.1 Å². The summed E-state index contributed by atoms with van der Waals surface area (Å²) in [4.78, 5) is 30.8. The molecule has 0 N–H and O–H groups in total. The van der Waals surface area contributed by atoms with E-state index in [-0.39, 0.29) is 0 Å². The first kappa shape index (κ1) is 39.0. The second-order valence-corrected chi connectivity index (χ2v) is 15.8. The predicted molar refractivity (Wildman–Crippen MR) is 205 cm³/mol. The fourth-order valence-electron chi connectivity index (χ4n) is 6.29.